The van der Waals surface area contributed by atoms with Gasteiger partial charge < -0.3 is 35.2 Å². The van der Waals surface area contributed by atoms with Crippen molar-refractivity contribution in [2.24, 2.45) is 10.4 Å². The number of ether oxygens (including phenoxy) is 1. The van der Waals surface area contributed by atoms with Gasteiger partial charge in [0.25, 0.3) is 0 Å². The second-order valence-corrected chi connectivity index (χ2v) is 13.3. The molecule has 1 unspecified atom stereocenters. The van der Waals surface area contributed by atoms with Gasteiger partial charge in [-0.3, -0.25) is 24.4 Å². The van der Waals surface area contributed by atoms with Crippen molar-refractivity contribution in [3.05, 3.63) is 58.6 Å². The Morgan fingerprint density at radius 2 is 1.66 bits per heavy atom. The van der Waals surface area contributed by atoms with Crippen LogP contribution >= 0.6 is 23.4 Å². The SMILES string of the molecule is [B]C1([B])N(C(=O)C=C)C(O)(O)C(O)(O)N(C(=NC)c2cc(C(F)(F)F)c(-c3cc(Cl)c(F)cc3F)c3c2N(C=O)CC2(COC2)CS3)C1([B])O. The molecule has 1 spiro atoms. The Bertz CT molecular complexity index is 1800. The standard InChI is InChI=1S/C28H23B3ClF5N4O8S/c1-3-18(43)40-25(29,30)26(31,44)41(28(47,48)27(40,45)46)22(38-2)13-4-14(24(35,36)37)19(12-5-15(32)17(34)6-16(12)33)21-20(13)39(11-42)7-23(10-50-21)8-49-9-23/h3-6,11,44-48H,1,7-10H2,2H3. The summed E-state index contributed by atoms with van der Waals surface area (Å²) >= 11 is 6.56. The van der Waals surface area contributed by atoms with Gasteiger partial charge in [0.05, 0.1) is 45.2 Å². The van der Waals surface area contributed by atoms with Gasteiger partial charge in [-0.25, -0.2) is 8.78 Å². The lowest BCUT2D eigenvalue weighted by Crippen LogP contribution is -2.92. The Morgan fingerprint density at radius 3 is 2.16 bits per heavy atom. The molecule has 50 heavy (non-hydrogen) atoms. The number of thioether (sulfide) groups is 1. The molecule has 2 amide bonds. The lowest BCUT2D eigenvalue weighted by atomic mass is 9.47. The Balaban J connectivity index is 1.93. The van der Waals surface area contributed by atoms with Crippen LogP contribution in [-0.4, -0.2) is 132 Å². The summed E-state index contributed by atoms with van der Waals surface area (Å²) in [6.07, 6.45) is -4.85. The molecule has 2 aromatic rings. The van der Waals surface area contributed by atoms with Gasteiger partial charge >= 0.3 is 18.0 Å². The van der Waals surface area contributed by atoms with Crippen molar-refractivity contribution in [3.8, 4) is 11.1 Å². The van der Waals surface area contributed by atoms with Crippen molar-refractivity contribution in [1.29, 1.82) is 0 Å². The smallest absolute Gasteiger partial charge is 0.380 e. The van der Waals surface area contributed by atoms with E-state index in [0.29, 0.717) is 23.9 Å². The number of carbonyl (C=O) groups is 2. The number of nitrogens with zero attached hydrogens (tertiary/aromatic N) is 4. The number of rotatable bonds is 4. The third kappa shape index (κ3) is 5.44. The second-order valence-electron chi connectivity index (χ2n) is 11.9. The minimum atomic E-state index is -5.41. The van der Waals surface area contributed by atoms with E-state index >= 15 is 17.6 Å². The first kappa shape index (κ1) is 38.1. The van der Waals surface area contributed by atoms with Crippen molar-refractivity contribution in [1.82, 2.24) is 9.80 Å². The molecule has 0 aliphatic carbocycles. The van der Waals surface area contributed by atoms with Crippen LogP contribution in [0.25, 0.3) is 11.1 Å². The van der Waals surface area contributed by atoms with E-state index in [9.17, 15) is 39.5 Å². The number of aliphatic imine (C=N–C) groups is 1. The lowest BCUT2D eigenvalue weighted by molar-refractivity contribution is -0.482. The van der Waals surface area contributed by atoms with Crippen LogP contribution in [0.1, 0.15) is 11.1 Å². The first-order valence-corrected chi connectivity index (χ1v) is 15.4. The minimum Gasteiger partial charge on any atom is -0.380 e. The number of alkyl halides is 3. The molecule has 5 rings (SSSR count). The third-order valence-electron chi connectivity index (χ3n) is 8.53. The van der Waals surface area contributed by atoms with Crippen molar-refractivity contribution >= 4 is 70.7 Å². The molecule has 0 bridgehead atoms. The molecule has 2 saturated heterocycles. The molecule has 260 valence electrons. The highest BCUT2D eigenvalue weighted by Gasteiger charge is 2.73. The molecule has 2 fully saturated rings. The zero-order valence-corrected chi connectivity index (χ0v) is 27.2. The summed E-state index contributed by atoms with van der Waals surface area (Å²) in [5.74, 6) is -14.4. The first-order chi connectivity index (χ1) is 22.9. The van der Waals surface area contributed by atoms with Crippen molar-refractivity contribution < 1.29 is 61.8 Å². The number of halogens is 6. The van der Waals surface area contributed by atoms with Crippen LogP contribution < -0.4 is 4.90 Å². The monoisotopic (exact) mass is 738 g/mol. The van der Waals surface area contributed by atoms with Crippen molar-refractivity contribution in [3.63, 3.8) is 0 Å². The number of aliphatic hydroxyl groups is 5. The summed E-state index contributed by atoms with van der Waals surface area (Å²) in [6, 6.07) is 1.12. The predicted molar refractivity (Wildman–Crippen MR) is 170 cm³/mol. The van der Waals surface area contributed by atoms with Gasteiger partial charge in [0.15, 0.2) is 0 Å². The maximum atomic E-state index is 15.4. The van der Waals surface area contributed by atoms with Crippen LogP contribution in [-0.2, 0) is 20.5 Å². The molecule has 6 radical (unpaired) electrons. The van der Waals surface area contributed by atoms with E-state index in [0.717, 1.165) is 11.9 Å². The number of hydrogen-bond donors (Lipinski definition) is 5. The van der Waals surface area contributed by atoms with E-state index in [1.807, 2.05) is 0 Å². The number of amidine groups is 1. The van der Waals surface area contributed by atoms with Gasteiger partial charge in [-0.2, -0.15) is 13.2 Å². The minimum absolute atomic E-state index is 0.0270. The molecule has 3 aliphatic rings. The number of anilines is 1. The van der Waals surface area contributed by atoms with E-state index < -0.39 is 101 Å². The largest absolute Gasteiger partial charge is 0.417 e. The van der Waals surface area contributed by atoms with Gasteiger partial charge in [-0.15, -0.1) is 11.8 Å². The molecule has 22 heteroatoms. The molecule has 0 aromatic heterocycles. The highest BCUT2D eigenvalue weighted by molar-refractivity contribution is 7.99. The van der Waals surface area contributed by atoms with Crippen LogP contribution in [0, 0.1) is 17.0 Å². The highest BCUT2D eigenvalue weighted by atomic mass is 35.5. The van der Waals surface area contributed by atoms with Crippen molar-refractivity contribution in [2.45, 2.75) is 33.9 Å². The lowest BCUT2D eigenvalue weighted by Gasteiger charge is -2.66. The fourth-order valence-electron chi connectivity index (χ4n) is 6.03. The van der Waals surface area contributed by atoms with Crippen LogP contribution in [0.5, 0.6) is 0 Å². The third-order valence-corrected chi connectivity index (χ3v) is 10.3. The molecule has 0 saturated carbocycles. The van der Waals surface area contributed by atoms with Gasteiger partial charge in [0.1, 0.15) is 30.9 Å². The normalized spacial score (nSPS) is 23.9. The van der Waals surface area contributed by atoms with E-state index in [2.05, 4.69) is 11.6 Å². The number of benzene rings is 2. The Hall–Kier alpha value is -3.17. The first-order valence-electron chi connectivity index (χ1n) is 14.0. The molecule has 3 aliphatic heterocycles. The number of amides is 2. The maximum Gasteiger partial charge on any atom is 0.417 e. The number of fused-ring (bicyclic) bond motifs is 1. The zero-order valence-electron chi connectivity index (χ0n) is 25.6. The fourth-order valence-corrected chi connectivity index (χ4v) is 7.63. The summed E-state index contributed by atoms with van der Waals surface area (Å²) in [5, 5.41) is 51.8. The number of carbonyl (C=O) groups excluding carboxylic acids is 2. The Labute approximate surface area is 293 Å². The van der Waals surface area contributed by atoms with Crippen LogP contribution in [0.3, 0.4) is 0 Å². The average Bonchev–Trinajstić information content (AvgIpc) is 3.17. The number of hydrogen-bond acceptors (Lipinski definition) is 10. The molecule has 5 N–H and O–H groups in total. The second kappa shape index (κ2) is 12.2. The van der Waals surface area contributed by atoms with Gasteiger partial charge in [0.2, 0.25) is 12.3 Å². The molecular weight excluding hydrogens is 715 g/mol. The summed E-state index contributed by atoms with van der Waals surface area (Å²) in [4.78, 5) is 28.7. The predicted octanol–water partition coefficient (Wildman–Crippen LogP) is 0.178. The summed E-state index contributed by atoms with van der Waals surface area (Å²) in [5.41, 5.74) is -9.54. The van der Waals surface area contributed by atoms with E-state index in [4.69, 9.17) is 39.9 Å². The van der Waals surface area contributed by atoms with Gasteiger partial charge in [0, 0.05) is 57.8 Å². The van der Waals surface area contributed by atoms with E-state index in [1.165, 1.54) is 0 Å². The van der Waals surface area contributed by atoms with Crippen LogP contribution in [0.4, 0.5) is 27.6 Å². The number of piperazine rings is 1. The Kier molecular flexibility index (Phi) is 9.30. The molecular formula is C28H23B3ClF5N4O8S. The molecule has 2 aromatic carbocycles. The maximum absolute atomic E-state index is 15.4. The zero-order chi connectivity index (χ0) is 37.6. The fraction of sp³-hybridized carbons (Fsp3) is 0.393. The summed E-state index contributed by atoms with van der Waals surface area (Å²) < 4.78 is 80.3. The van der Waals surface area contributed by atoms with Crippen LogP contribution in [0.2, 0.25) is 5.02 Å². The molecule has 1 atom stereocenters. The average molecular weight is 738 g/mol. The van der Waals surface area contributed by atoms with Gasteiger partial charge in [-0.1, -0.05) is 18.2 Å². The Morgan fingerprint density at radius 1 is 1.06 bits per heavy atom. The van der Waals surface area contributed by atoms with E-state index in [1.54, 1.807) is 0 Å². The summed E-state index contributed by atoms with van der Waals surface area (Å²) in [6.45, 7) is 2.90. The van der Waals surface area contributed by atoms with Crippen LogP contribution in [0.15, 0.2) is 40.7 Å². The van der Waals surface area contributed by atoms with Gasteiger partial charge in [-0.05, 0) is 18.2 Å². The molecule has 3 heterocycles. The topological polar surface area (TPSA) is 167 Å². The quantitative estimate of drug-likeness (QED) is 0.0427. The highest BCUT2D eigenvalue weighted by Crippen LogP contribution is 2.54. The van der Waals surface area contributed by atoms with E-state index in [-0.39, 0.29) is 49.0 Å². The van der Waals surface area contributed by atoms with Crippen molar-refractivity contribution in [2.75, 3.05) is 37.5 Å². The summed E-state index contributed by atoms with van der Waals surface area (Å²) in [7, 11) is 18.7. The molecule has 12 nitrogen and oxygen atoms in total.